The minimum absolute atomic E-state index is 0.260. The van der Waals surface area contributed by atoms with E-state index in [9.17, 15) is 4.79 Å². The molecule has 0 spiro atoms. The molecular formula is C25H33NO3S. The molecule has 0 aliphatic heterocycles. The number of nitrogens with zero attached hydrogens (tertiary/aromatic N) is 1. The minimum atomic E-state index is -0.326. The van der Waals surface area contributed by atoms with Crippen molar-refractivity contribution in [3.8, 4) is 5.75 Å². The van der Waals surface area contributed by atoms with Crippen molar-refractivity contribution in [3.63, 3.8) is 0 Å². The molecule has 0 saturated carbocycles. The average Bonchev–Trinajstić information content (AvgIpc) is 2.68. The van der Waals surface area contributed by atoms with Gasteiger partial charge in [-0.3, -0.25) is 4.90 Å². The zero-order valence-corrected chi connectivity index (χ0v) is 19.3. The summed E-state index contributed by atoms with van der Waals surface area (Å²) in [5.74, 6) is 1.21. The normalized spacial score (nSPS) is 12.1. The summed E-state index contributed by atoms with van der Waals surface area (Å²) in [5, 5.41) is 0. The maximum atomic E-state index is 12.2. The molecule has 0 saturated heterocycles. The Morgan fingerprint density at radius 2 is 1.73 bits per heavy atom. The number of esters is 1. The molecule has 0 amide bonds. The summed E-state index contributed by atoms with van der Waals surface area (Å²) >= 11 is 4.42. The van der Waals surface area contributed by atoms with Crippen LogP contribution in [0.5, 0.6) is 5.75 Å². The molecule has 0 bridgehead atoms. The number of carbonyl (C=O) groups is 1. The average molecular weight is 428 g/mol. The Labute approximate surface area is 186 Å². The first-order chi connectivity index (χ1) is 14.3. The highest BCUT2D eigenvalue weighted by Gasteiger charge is 2.14. The number of ether oxygens (including phenoxy) is 2. The Kier molecular flexibility index (Phi) is 9.47. The monoisotopic (exact) mass is 427 g/mol. The minimum Gasteiger partial charge on any atom is -0.488 e. The Morgan fingerprint density at radius 3 is 2.30 bits per heavy atom. The third-order valence-corrected chi connectivity index (χ3v) is 4.49. The summed E-state index contributed by atoms with van der Waals surface area (Å²) in [6.45, 7) is 10.4. The van der Waals surface area contributed by atoms with Gasteiger partial charge in [0.1, 0.15) is 11.4 Å². The first kappa shape index (κ1) is 24.0. The number of benzene rings is 2. The van der Waals surface area contributed by atoms with E-state index in [1.807, 2.05) is 70.2 Å². The fourth-order valence-corrected chi connectivity index (χ4v) is 3.36. The molecule has 0 aromatic heterocycles. The van der Waals surface area contributed by atoms with Gasteiger partial charge in [0.05, 0.1) is 6.61 Å². The largest absolute Gasteiger partial charge is 0.488 e. The smallest absolute Gasteiger partial charge is 0.331 e. The molecule has 2 aromatic carbocycles. The van der Waals surface area contributed by atoms with Crippen molar-refractivity contribution >= 4 is 24.2 Å². The predicted octanol–water partition coefficient (Wildman–Crippen LogP) is 5.24. The molecule has 4 nitrogen and oxygen atoms in total. The van der Waals surface area contributed by atoms with Gasteiger partial charge in [-0.2, -0.15) is 12.6 Å². The van der Waals surface area contributed by atoms with Gasteiger partial charge in [0.2, 0.25) is 0 Å². The van der Waals surface area contributed by atoms with E-state index >= 15 is 0 Å². The molecule has 5 heteroatoms. The van der Waals surface area contributed by atoms with Crippen LogP contribution in [0.2, 0.25) is 0 Å². The Balaban J connectivity index is 2.26. The summed E-state index contributed by atoms with van der Waals surface area (Å²) < 4.78 is 11.1. The van der Waals surface area contributed by atoms with E-state index in [2.05, 4.69) is 29.7 Å². The fourth-order valence-electron chi connectivity index (χ4n) is 3.08. The number of hydrogen-bond donors (Lipinski definition) is 1. The van der Waals surface area contributed by atoms with Gasteiger partial charge in [-0.1, -0.05) is 42.5 Å². The first-order valence-electron chi connectivity index (χ1n) is 10.3. The predicted molar refractivity (Wildman–Crippen MR) is 127 cm³/mol. The van der Waals surface area contributed by atoms with Crippen LogP contribution in [0.4, 0.5) is 0 Å². The third kappa shape index (κ3) is 8.64. The van der Waals surface area contributed by atoms with Gasteiger partial charge >= 0.3 is 5.97 Å². The molecule has 0 fully saturated rings. The van der Waals surface area contributed by atoms with Crippen LogP contribution in [0.1, 0.15) is 38.8 Å². The topological polar surface area (TPSA) is 38.8 Å². The number of carbonyl (C=O) groups excluding carboxylic acids is 1. The Bertz CT molecular complexity index is 811. The van der Waals surface area contributed by atoms with Crippen molar-refractivity contribution in [2.24, 2.45) is 0 Å². The molecule has 0 aliphatic rings. The zero-order valence-electron chi connectivity index (χ0n) is 18.4. The van der Waals surface area contributed by atoms with E-state index in [-0.39, 0.29) is 11.6 Å². The maximum absolute atomic E-state index is 12.2. The van der Waals surface area contributed by atoms with Gasteiger partial charge in [0.25, 0.3) is 0 Å². The molecule has 0 aliphatic carbocycles. The van der Waals surface area contributed by atoms with Crippen molar-refractivity contribution in [3.05, 3.63) is 71.8 Å². The number of hydrogen-bond acceptors (Lipinski definition) is 5. The van der Waals surface area contributed by atoms with Crippen LogP contribution < -0.4 is 4.74 Å². The van der Waals surface area contributed by atoms with Crippen LogP contribution in [0.25, 0.3) is 5.57 Å². The third-order valence-electron chi connectivity index (χ3n) is 4.29. The highest BCUT2D eigenvalue weighted by molar-refractivity contribution is 7.80. The van der Waals surface area contributed by atoms with Crippen molar-refractivity contribution in [2.75, 3.05) is 25.4 Å². The highest BCUT2D eigenvalue weighted by atomic mass is 32.1. The van der Waals surface area contributed by atoms with Crippen molar-refractivity contribution < 1.29 is 14.3 Å². The summed E-state index contributed by atoms with van der Waals surface area (Å²) in [4.78, 5) is 14.5. The molecule has 0 unspecified atom stereocenters. The summed E-state index contributed by atoms with van der Waals surface area (Å²) in [6.07, 6.45) is 1.60. The van der Waals surface area contributed by atoms with Crippen molar-refractivity contribution in [1.82, 2.24) is 4.90 Å². The van der Waals surface area contributed by atoms with Crippen LogP contribution in [-0.4, -0.2) is 41.9 Å². The Morgan fingerprint density at radius 1 is 1.07 bits per heavy atom. The standard InChI is InChI=1S/C25H33NO3S/c1-5-28-24(27)17-22(21-11-13-23(14-12-21)29-25(2,3)4)19-26(15-16-30)18-20-9-7-6-8-10-20/h6-14,17,30H,5,15-16,18-19H2,1-4H3. The molecule has 0 N–H and O–H groups in total. The van der Waals surface area contributed by atoms with Crippen molar-refractivity contribution in [2.45, 2.75) is 39.8 Å². The lowest BCUT2D eigenvalue weighted by Gasteiger charge is -2.24. The van der Waals surface area contributed by atoms with E-state index in [1.54, 1.807) is 6.08 Å². The van der Waals surface area contributed by atoms with Gasteiger partial charge in [0, 0.05) is 31.5 Å². The molecule has 0 atom stereocenters. The maximum Gasteiger partial charge on any atom is 0.331 e. The second kappa shape index (κ2) is 11.8. The van der Waals surface area contributed by atoms with Gasteiger partial charge in [-0.05, 0) is 56.5 Å². The quantitative estimate of drug-likeness (QED) is 0.320. The van der Waals surface area contributed by atoms with Gasteiger partial charge in [-0.25, -0.2) is 4.79 Å². The van der Waals surface area contributed by atoms with E-state index < -0.39 is 0 Å². The van der Waals surface area contributed by atoms with E-state index in [1.165, 1.54) is 5.56 Å². The van der Waals surface area contributed by atoms with Crippen LogP contribution in [0.3, 0.4) is 0 Å². The summed E-state index contributed by atoms with van der Waals surface area (Å²) in [7, 11) is 0. The highest BCUT2D eigenvalue weighted by Crippen LogP contribution is 2.23. The Hall–Kier alpha value is -2.24. The lowest BCUT2D eigenvalue weighted by atomic mass is 10.0. The molecular weight excluding hydrogens is 394 g/mol. The lowest BCUT2D eigenvalue weighted by Crippen LogP contribution is -2.27. The zero-order chi connectivity index (χ0) is 22.0. The molecule has 2 aromatic rings. The molecule has 2 rings (SSSR count). The van der Waals surface area contributed by atoms with Crippen LogP contribution in [-0.2, 0) is 16.1 Å². The molecule has 0 heterocycles. The second-order valence-electron chi connectivity index (χ2n) is 8.08. The molecule has 0 radical (unpaired) electrons. The fraction of sp³-hybridized carbons (Fsp3) is 0.400. The van der Waals surface area contributed by atoms with Crippen LogP contribution >= 0.6 is 12.6 Å². The summed E-state index contributed by atoms with van der Waals surface area (Å²) in [6, 6.07) is 18.2. The lowest BCUT2D eigenvalue weighted by molar-refractivity contribution is -0.137. The van der Waals surface area contributed by atoms with Crippen molar-refractivity contribution in [1.29, 1.82) is 0 Å². The van der Waals surface area contributed by atoms with Gasteiger partial charge < -0.3 is 9.47 Å². The number of rotatable bonds is 10. The SMILES string of the molecule is CCOC(=O)C=C(CN(CCS)Cc1ccccc1)c1ccc(OC(C)(C)C)cc1. The van der Waals surface area contributed by atoms with Crippen LogP contribution in [0.15, 0.2) is 60.7 Å². The van der Waals surface area contributed by atoms with E-state index in [0.29, 0.717) is 13.2 Å². The first-order valence-corrected chi connectivity index (χ1v) is 11.0. The summed E-state index contributed by atoms with van der Waals surface area (Å²) in [5.41, 5.74) is 2.85. The second-order valence-corrected chi connectivity index (χ2v) is 8.53. The van der Waals surface area contributed by atoms with E-state index in [0.717, 1.165) is 35.7 Å². The number of thiol groups is 1. The van der Waals surface area contributed by atoms with Gasteiger partial charge in [0.15, 0.2) is 0 Å². The van der Waals surface area contributed by atoms with Gasteiger partial charge in [-0.15, -0.1) is 0 Å². The van der Waals surface area contributed by atoms with Crippen LogP contribution in [0, 0.1) is 0 Å². The van der Waals surface area contributed by atoms with E-state index in [4.69, 9.17) is 9.47 Å². The molecule has 162 valence electrons. The molecule has 30 heavy (non-hydrogen) atoms.